The van der Waals surface area contributed by atoms with Crippen LogP contribution in [0.2, 0.25) is 0 Å². The number of nitrogens with two attached hydrogens (primary N) is 1. The number of hydrogen-bond acceptors (Lipinski definition) is 8. The molecule has 1 aliphatic rings. The summed E-state index contributed by atoms with van der Waals surface area (Å²) in [6, 6.07) is 17.3. The number of ether oxygens (including phenoxy) is 3. The molecule has 37 heavy (non-hydrogen) atoms. The van der Waals surface area contributed by atoms with E-state index in [4.69, 9.17) is 19.9 Å². The fourth-order valence-corrected chi connectivity index (χ4v) is 4.32. The largest absolute Gasteiger partial charge is 0.457 e. The number of hydrogen-bond donors (Lipinski definition) is 2. The first-order chi connectivity index (χ1) is 17.7. The lowest BCUT2D eigenvalue weighted by Crippen LogP contribution is -2.50. The minimum absolute atomic E-state index is 0.133. The van der Waals surface area contributed by atoms with Gasteiger partial charge in [0.15, 0.2) is 0 Å². The minimum atomic E-state index is -0.534. The molecule has 3 N–H and O–H groups in total. The van der Waals surface area contributed by atoms with Gasteiger partial charge in [-0.3, -0.25) is 0 Å². The number of para-hydroxylation sites is 1. The second kappa shape index (κ2) is 11.5. The van der Waals surface area contributed by atoms with E-state index >= 15 is 0 Å². The number of amides is 1. The Balaban J connectivity index is 1.43. The Kier molecular flexibility index (Phi) is 8.13. The number of likely N-dealkylation sites (tertiary alicyclic amines) is 1. The van der Waals surface area contributed by atoms with Gasteiger partial charge in [-0.15, -0.1) is 0 Å². The molecule has 0 spiro atoms. The van der Waals surface area contributed by atoms with Gasteiger partial charge >= 0.3 is 6.09 Å². The van der Waals surface area contributed by atoms with Crippen LogP contribution in [0.25, 0.3) is 11.1 Å². The molecule has 0 radical (unpaired) electrons. The molecule has 2 heterocycles. The number of nitrogens with one attached hydrogen (secondary N) is 1. The smallest absolute Gasteiger partial charge is 0.410 e. The van der Waals surface area contributed by atoms with Gasteiger partial charge < -0.3 is 30.2 Å². The normalized spacial score (nSPS) is 17.8. The highest BCUT2D eigenvalue weighted by molar-refractivity contribution is 5.83. The van der Waals surface area contributed by atoms with Crippen molar-refractivity contribution in [1.82, 2.24) is 14.9 Å². The Morgan fingerprint density at radius 2 is 1.78 bits per heavy atom. The zero-order chi connectivity index (χ0) is 26.4. The van der Waals surface area contributed by atoms with Crippen molar-refractivity contribution in [3.8, 4) is 22.6 Å². The Bertz CT molecular complexity index is 1180. The number of nitrogen functional groups attached to an aromatic ring is 1. The summed E-state index contributed by atoms with van der Waals surface area (Å²) in [5, 5.41) is 3.45. The topological polar surface area (TPSA) is 112 Å². The highest BCUT2D eigenvalue weighted by Crippen LogP contribution is 2.33. The molecule has 0 saturated carbocycles. The second-order valence-corrected chi connectivity index (χ2v) is 10.1. The van der Waals surface area contributed by atoms with Crippen LogP contribution in [0.5, 0.6) is 11.5 Å². The van der Waals surface area contributed by atoms with Crippen molar-refractivity contribution < 1.29 is 19.0 Å². The number of anilines is 2. The quantitative estimate of drug-likeness (QED) is 0.451. The van der Waals surface area contributed by atoms with Gasteiger partial charge in [0.1, 0.15) is 35.1 Å². The summed E-state index contributed by atoms with van der Waals surface area (Å²) in [5.74, 6) is 2.70. The van der Waals surface area contributed by atoms with E-state index in [0.717, 1.165) is 29.0 Å². The molecular weight excluding hydrogens is 470 g/mol. The number of benzene rings is 2. The molecule has 196 valence electrons. The van der Waals surface area contributed by atoms with Crippen LogP contribution in [0.3, 0.4) is 0 Å². The van der Waals surface area contributed by atoms with Crippen LogP contribution in [-0.4, -0.2) is 59.4 Å². The molecule has 0 bridgehead atoms. The maximum atomic E-state index is 12.5. The molecule has 1 aliphatic heterocycles. The van der Waals surface area contributed by atoms with Crippen LogP contribution in [0, 0.1) is 5.92 Å². The number of rotatable bonds is 7. The molecule has 0 aliphatic carbocycles. The van der Waals surface area contributed by atoms with Gasteiger partial charge in [-0.25, -0.2) is 14.8 Å². The molecule has 1 saturated heterocycles. The third-order valence-corrected chi connectivity index (χ3v) is 6.18. The third kappa shape index (κ3) is 6.89. The molecular formula is C28H35N5O4. The standard InChI is InChI=1S/C28H35N5O4/c1-28(2,3)37-27(34)33-15-14-20(23(17-33)35-4)16-30-26-24(25(29)31-18-32-26)19-10-12-22(13-11-19)36-21-8-6-5-7-9-21/h5-13,18,20,23H,14-17H2,1-4H3,(H3,29,30,31,32). The fourth-order valence-electron chi connectivity index (χ4n) is 4.32. The lowest BCUT2D eigenvalue weighted by atomic mass is 9.93. The fraction of sp³-hybridized carbons (Fsp3) is 0.393. The SMILES string of the molecule is COC1CN(C(=O)OC(C)(C)C)CCC1CNc1ncnc(N)c1-c1ccc(Oc2ccccc2)cc1. The third-order valence-electron chi connectivity index (χ3n) is 6.18. The molecule has 9 nitrogen and oxygen atoms in total. The van der Waals surface area contributed by atoms with E-state index < -0.39 is 5.60 Å². The van der Waals surface area contributed by atoms with Crippen LogP contribution >= 0.6 is 0 Å². The monoisotopic (exact) mass is 505 g/mol. The molecule has 9 heteroatoms. The first-order valence-electron chi connectivity index (χ1n) is 12.4. The van der Waals surface area contributed by atoms with E-state index in [1.165, 1.54) is 6.33 Å². The molecule has 1 fully saturated rings. The van der Waals surface area contributed by atoms with Crippen LogP contribution in [0.1, 0.15) is 27.2 Å². The number of carbonyl (C=O) groups excluding carboxylic acids is 1. The average Bonchev–Trinajstić information content (AvgIpc) is 2.87. The second-order valence-electron chi connectivity index (χ2n) is 10.1. The predicted octanol–water partition coefficient (Wildman–Crippen LogP) is 5.20. The first-order valence-corrected chi connectivity index (χ1v) is 12.4. The van der Waals surface area contributed by atoms with Crippen LogP contribution in [-0.2, 0) is 9.47 Å². The van der Waals surface area contributed by atoms with Crippen molar-refractivity contribution in [3.63, 3.8) is 0 Å². The predicted molar refractivity (Wildman–Crippen MR) is 144 cm³/mol. The molecule has 1 aromatic heterocycles. The maximum absolute atomic E-state index is 12.5. The van der Waals surface area contributed by atoms with Crippen molar-refractivity contribution in [1.29, 1.82) is 0 Å². The van der Waals surface area contributed by atoms with E-state index in [9.17, 15) is 4.79 Å². The number of methoxy groups -OCH3 is 1. The lowest BCUT2D eigenvalue weighted by Gasteiger charge is -2.38. The maximum Gasteiger partial charge on any atom is 0.410 e. The van der Waals surface area contributed by atoms with Crippen LogP contribution in [0.4, 0.5) is 16.4 Å². The van der Waals surface area contributed by atoms with Crippen molar-refractivity contribution in [2.24, 2.45) is 5.92 Å². The minimum Gasteiger partial charge on any atom is -0.457 e. The number of piperidine rings is 1. The summed E-state index contributed by atoms with van der Waals surface area (Å²) >= 11 is 0. The van der Waals surface area contributed by atoms with Crippen LogP contribution in [0.15, 0.2) is 60.9 Å². The van der Waals surface area contributed by atoms with E-state index in [0.29, 0.717) is 31.3 Å². The summed E-state index contributed by atoms with van der Waals surface area (Å²) in [7, 11) is 1.67. The van der Waals surface area contributed by atoms with E-state index in [-0.39, 0.29) is 18.1 Å². The van der Waals surface area contributed by atoms with E-state index in [1.807, 2.05) is 75.4 Å². The average molecular weight is 506 g/mol. The molecule has 3 aromatic rings. The summed E-state index contributed by atoms with van der Waals surface area (Å²) < 4.78 is 17.2. The lowest BCUT2D eigenvalue weighted by molar-refractivity contribution is -0.0258. The first kappa shape index (κ1) is 26.2. The van der Waals surface area contributed by atoms with Gasteiger partial charge in [0, 0.05) is 26.1 Å². The summed E-state index contributed by atoms with van der Waals surface area (Å²) in [6.45, 7) is 7.28. The highest BCUT2D eigenvalue weighted by atomic mass is 16.6. The number of aromatic nitrogens is 2. The van der Waals surface area contributed by atoms with Crippen molar-refractivity contribution in [3.05, 3.63) is 60.9 Å². The van der Waals surface area contributed by atoms with Crippen molar-refractivity contribution >= 4 is 17.7 Å². The van der Waals surface area contributed by atoms with Gasteiger partial charge in [0.2, 0.25) is 0 Å². The van der Waals surface area contributed by atoms with Gasteiger partial charge in [-0.05, 0) is 57.0 Å². The number of carbonyl (C=O) groups is 1. The summed E-state index contributed by atoms with van der Waals surface area (Å²) in [6.07, 6.45) is 1.77. The molecule has 2 unspecified atom stereocenters. The number of nitrogens with zero attached hydrogens (tertiary/aromatic N) is 3. The Morgan fingerprint density at radius 1 is 1.08 bits per heavy atom. The van der Waals surface area contributed by atoms with E-state index in [1.54, 1.807) is 12.0 Å². The van der Waals surface area contributed by atoms with Gasteiger partial charge in [-0.2, -0.15) is 0 Å². The summed E-state index contributed by atoms with van der Waals surface area (Å²) in [5.41, 5.74) is 7.35. The van der Waals surface area contributed by atoms with Gasteiger partial charge in [-0.1, -0.05) is 30.3 Å². The molecule has 1 amide bonds. The Labute approximate surface area is 218 Å². The summed E-state index contributed by atoms with van der Waals surface area (Å²) in [4.78, 5) is 22.9. The van der Waals surface area contributed by atoms with Crippen molar-refractivity contribution in [2.75, 3.05) is 37.8 Å². The van der Waals surface area contributed by atoms with Crippen molar-refractivity contribution in [2.45, 2.75) is 38.9 Å². The Hall–Kier alpha value is -3.85. The zero-order valence-corrected chi connectivity index (χ0v) is 21.8. The molecule has 2 atom stereocenters. The molecule has 2 aromatic carbocycles. The molecule has 4 rings (SSSR count). The Morgan fingerprint density at radius 3 is 2.46 bits per heavy atom. The zero-order valence-electron chi connectivity index (χ0n) is 21.8. The van der Waals surface area contributed by atoms with Gasteiger partial charge in [0.25, 0.3) is 0 Å². The highest BCUT2D eigenvalue weighted by Gasteiger charge is 2.33. The van der Waals surface area contributed by atoms with E-state index in [2.05, 4.69) is 15.3 Å². The van der Waals surface area contributed by atoms with Gasteiger partial charge in [0.05, 0.1) is 18.2 Å². The van der Waals surface area contributed by atoms with Crippen LogP contribution < -0.4 is 15.8 Å².